The summed E-state index contributed by atoms with van der Waals surface area (Å²) in [6.07, 6.45) is 0.263. The standard InChI is InChI=1S/C19H20N6OS2/c1-13-9-14(2)11-15(10-13)24(7-4-6-20)17(26)12-28-19-23-22-18(25(19)21)16-5-3-8-27-16/h3,5,8-11H,4,7,12,21H2,1-2H3. The molecule has 3 rings (SSSR count). The number of nitrogen functional groups attached to an aromatic ring is 1. The highest BCUT2D eigenvalue weighted by Crippen LogP contribution is 2.26. The molecular formula is C19H20N6OS2. The first-order chi connectivity index (χ1) is 13.5. The summed E-state index contributed by atoms with van der Waals surface area (Å²) in [5.41, 5.74) is 2.94. The summed E-state index contributed by atoms with van der Waals surface area (Å²) < 4.78 is 1.40. The molecule has 0 saturated heterocycles. The van der Waals surface area contributed by atoms with Crippen LogP contribution in [0, 0.1) is 25.2 Å². The lowest BCUT2D eigenvalue weighted by Gasteiger charge is -2.22. The maximum Gasteiger partial charge on any atom is 0.237 e. The van der Waals surface area contributed by atoms with Gasteiger partial charge in [-0.1, -0.05) is 23.9 Å². The topological polar surface area (TPSA) is 101 Å². The molecule has 0 aliphatic carbocycles. The molecule has 7 nitrogen and oxygen atoms in total. The van der Waals surface area contributed by atoms with E-state index in [2.05, 4.69) is 16.3 Å². The number of rotatable bonds is 7. The van der Waals surface area contributed by atoms with E-state index < -0.39 is 0 Å². The molecular weight excluding hydrogens is 392 g/mol. The third kappa shape index (κ3) is 4.52. The SMILES string of the molecule is Cc1cc(C)cc(N(CCC#N)C(=O)CSc2nnc(-c3cccs3)n2N)c1. The minimum Gasteiger partial charge on any atom is -0.335 e. The van der Waals surface area contributed by atoms with Gasteiger partial charge in [-0.25, -0.2) is 4.68 Å². The number of benzene rings is 1. The number of aryl methyl sites for hydroxylation is 2. The molecule has 2 N–H and O–H groups in total. The van der Waals surface area contributed by atoms with Crippen molar-refractivity contribution in [3.8, 4) is 16.8 Å². The number of hydrogen-bond acceptors (Lipinski definition) is 7. The number of hydrogen-bond donors (Lipinski definition) is 1. The lowest BCUT2D eigenvalue weighted by atomic mass is 10.1. The minimum absolute atomic E-state index is 0.106. The van der Waals surface area contributed by atoms with E-state index in [-0.39, 0.29) is 18.1 Å². The van der Waals surface area contributed by atoms with Crippen molar-refractivity contribution in [2.45, 2.75) is 25.4 Å². The Hall–Kier alpha value is -2.83. The summed E-state index contributed by atoms with van der Waals surface area (Å²) in [5, 5.41) is 19.6. The van der Waals surface area contributed by atoms with Gasteiger partial charge in [0, 0.05) is 12.2 Å². The fourth-order valence-electron chi connectivity index (χ4n) is 2.82. The largest absolute Gasteiger partial charge is 0.335 e. The predicted octanol–water partition coefficient (Wildman–Crippen LogP) is 3.38. The van der Waals surface area contributed by atoms with Gasteiger partial charge in [0.15, 0.2) is 5.82 Å². The number of amides is 1. The van der Waals surface area contributed by atoms with Gasteiger partial charge in [0.25, 0.3) is 0 Å². The minimum atomic E-state index is -0.106. The van der Waals surface area contributed by atoms with Crippen molar-refractivity contribution < 1.29 is 4.79 Å². The van der Waals surface area contributed by atoms with Crippen LogP contribution in [0.1, 0.15) is 17.5 Å². The number of nitriles is 1. The molecule has 0 bridgehead atoms. The van der Waals surface area contributed by atoms with Crippen molar-refractivity contribution in [2.75, 3.05) is 23.0 Å². The van der Waals surface area contributed by atoms with Crippen LogP contribution in [0.3, 0.4) is 0 Å². The van der Waals surface area contributed by atoms with Gasteiger partial charge in [0.1, 0.15) is 0 Å². The predicted molar refractivity (Wildman–Crippen MR) is 113 cm³/mol. The summed E-state index contributed by atoms with van der Waals surface area (Å²) in [4.78, 5) is 15.5. The van der Waals surface area contributed by atoms with Crippen molar-refractivity contribution in [3.05, 3.63) is 46.8 Å². The van der Waals surface area contributed by atoms with E-state index in [1.165, 1.54) is 27.8 Å². The average molecular weight is 413 g/mol. The maximum atomic E-state index is 12.9. The molecule has 0 spiro atoms. The van der Waals surface area contributed by atoms with Crippen LogP contribution in [-0.2, 0) is 4.79 Å². The smallest absolute Gasteiger partial charge is 0.237 e. The number of carbonyl (C=O) groups excluding carboxylic acids is 1. The first-order valence-electron chi connectivity index (χ1n) is 8.62. The van der Waals surface area contributed by atoms with Crippen LogP contribution in [0.4, 0.5) is 5.69 Å². The van der Waals surface area contributed by atoms with Crippen LogP contribution in [0.25, 0.3) is 10.7 Å². The van der Waals surface area contributed by atoms with E-state index in [4.69, 9.17) is 11.1 Å². The third-order valence-corrected chi connectivity index (χ3v) is 5.79. The van der Waals surface area contributed by atoms with Crippen LogP contribution in [0.2, 0.25) is 0 Å². The zero-order valence-corrected chi connectivity index (χ0v) is 17.3. The highest BCUT2D eigenvalue weighted by Gasteiger charge is 2.19. The summed E-state index contributed by atoms with van der Waals surface area (Å²) >= 11 is 2.76. The number of nitrogens with zero attached hydrogens (tertiary/aromatic N) is 5. The van der Waals surface area contributed by atoms with Gasteiger partial charge in [-0.2, -0.15) is 5.26 Å². The zero-order valence-electron chi connectivity index (χ0n) is 15.6. The van der Waals surface area contributed by atoms with E-state index in [1.54, 1.807) is 4.90 Å². The highest BCUT2D eigenvalue weighted by molar-refractivity contribution is 7.99. The second kappa shape index (κ2) is 8.91. The van der Waals surface area contributed by atoms with Gasteiger partial charge in [-0.15, -0.1) is 21.5 Å². The van der Waals surface area contributed by atoms with E-state index in [0.29, 0.717) is 17.5 Å². The van der Waals surface area contributed by atoms with Crippen molar-refractivity contribution in [1.29, 1.82) is 5.26 Å². The number of anilines is 1. The van der Waals surface area contributed by atoms with E-state index >= 15 is 0 Å². The molecule has 2 heterocycles. The number of carbonyl (C=O) groups is 1. The quantitative estimate of drug-likeness (QED) is 0.472. The molecule has 0 saturated carbocycles. The summed E-state index contributed by atoms with van der Waals surface area (Å²) in [5.74, 6) is 6.71. The molecule has 1 aromatic carbocycles. The first kappa shape index (κ1) is 19.9. The molecule has 144 valence electrons. The molecule has 0 aliphatic rings. The Kier molecular flexibility index (Phi) is 6.34. The van der Waals surface area contributed by atoms with Crippen LogP contribution in [0.15, 0.2) is 40.9 Å². The second-order valence-electron chi connectivity index (χ2n) is 6.24. The van der Waals surface area contributed by atoms with Crippen molar-refractivity contribution in [1.82, 2.24) is 14.9 Å². The maximum absolute atomic E-state index is 12.9. The zero-order chi connectivity index (χ0) is 20.1. The molecule has 0 aliphatic heterocycles. The Morgan fingerprint density at radius 2 is 2.07 bits per heavy atom. The third-order valence-electron chi connectivity index (χ3n) is 4.00. The van der Waals surface area contributed by atoms with E-state index in [1.807, 2.05) is 49.6 Å². The second-order valence-corrected chi connectivity index (χ2v) is 8.13. The Morgan fingerprint density at radius 1 is 1.32 bits per heavy atom. The van der Waals surface area contributed by atoms with Crippen molar-refractivity contribution in [2.24, 2.45) is 0 Å². The fraction of sp³-hybridized carbons (Fsp3) is 0.263. The van der Waals surface area contributed by atoms with E-state index in [0.717, 1.165) is 21.7 Å². The normalized spacial score (nSPS) is 10.6. The molecule has 0 unspecified atom stereocenters. The van der Waals surface area contributed by atoms with Crippen LogP contribution >= 0.6 is 23.1 Å². The van der Waals surface area contributed by atoms with E-state index in [9.17, 15) is 4.79 Å². The van der Waals surface area contributed by atoms with Crippen LogP contribution < -0.4 is 10.7 Å². The van der Waals surface area contributed by atoms with Gasteiger partial charge in [-0.05, 0) is 48.6 Å². The fourth-order valence-corrected chi connectivity index (χ4v) is 4.26. The average Bonchev–Trinajstić information content (AvgIpc) is 3.29. The molecule has 1 amide bonds. The number of nitrogens with two attached hydrogens (primary N) is 1. The lowest BCUT2D eigenvalue weighted by Crippen LogP contribution is -2.33. The molecule has 3 aromatic rings. The number of thioether (sulfide) groups is 1. The Labute approximate surface area is 171 Å². The number of thiophene rings is 1. The molecule has 0 fully saturated rings. The van der Waals surface area contributed by atoms with Gasteiger partial charge in [-0.3, -0.25) is 4.79 Å². The summed E-state index contributed by atoms with van der Waals surface area (Å²) in [7, 11) is 0. The molecule has 9 heteroatoms. The van der Waals surface area contributed by atoms with Gasteiger partial charge < -0.3 is 10.7 Å². The van der Waals surface area contributed by atoms with Gasteiger partial charge >= 0.3 is 0 Å². The molecule has 28 heavy (non-hydrogen) atoms. The molecule has 2 aromatic heterocycles. The Bertz CT molecular complexity index is 986. The van der Waals surface area contributed by atoms with Crippen molar-refractivity contribution in [3.63, 3.8) is 0 Å². The van der Waals surface area contributed by atoms with Crippen LogP contribution in [-0.4, -0.2) is 33.1 Å². The monoisotopic (exact) mass is 412 g/mol. The first-order valence-corrected chi connectivity index (χ1v) is 10.5. The summed E-state index contributed by atoms with van der Waals surface area (Å²) in [6, 6.07) is 11.9. The molecule has 0 radical (unpaired) electrons. The summed E-state index contributed by atoms with van der Waals surface area (Å²) in [6.45, 7) is 4.32. The Morgan fingerprint density at radius 3 is 2.71 bits per heavy atom. The van der Waals surface area contributed by atoms with Gasteiger partial charge in [0.2, 0.25) is 11.1 Å². The lowest BCUT2D eigenvalue weighted by molar-refractivity contribution is -0.116. The van der Waals surface area contributed by atoms with Crippen molar-refractivity contribution >= 4 is 34.7 Å². The van der Waals surface area contributed by atoms with Gasteiger partial charge in [0.05, 0.1) is 23.1 Å². The highest BCUT2D eigenvalue weighted by atomic mass is 32.2. The van der Waals surface area contributed by atoms with Crippen LogP contribution in [0.5, 0.6) is 0 Å². The Balaban J connectivity index is 1.75. The number of aromatic nitrogens is 3. The molecule has 0 atom stereocenters.